The van der Waals surface area contributed by atoms with Gasteiger partial charge in [0, 0.05) is 23.5 Å². The van der Waals surface area contributed by atoms with Crippen molar-refractivity contribution >= 4 is 8.07 Å². The molecule has 0 fully saturated rings. The summed E-state index contributed by atoms with van der Waals surface area (Å²) in [6.45, 7) is 6.66. The SMILES string of the molecule is C[Si](C)(C)C#Cc1ccc(-n2ccccc2=O)cc1. The molecule has 2 aromatic rings. The molecule has 0 atom stereocenters. The highest BCUT2D eigenvalue weighted by Gasteiger charge is 2.07. The Morgan fingerprint density at radius 1 is 1.00 bits per heavy atom. The van der Waals surface area contributed by atoms with Gasteiger partial charge in [0.25, 0.3) is 5.56 Å². The molecular weight excluding hydrogens is 250 g/mol. The first-order chi connectivity index (χ1) is 8.96. The molecule has 1 heterocycles. The maximum Gasteiger partial charge on any atom is 0.255 e. The second-order valence-corrected chi connectivity index (χ2v) is 10.2. The van der Waals surface area contributed by atoms with E-state index in [1.165, 1.54) is 0 Å². The highest BCUT2D eigenvalue weighted by atomic mass is 28.3. The van der Waals surface area contributed by atoms with Crippen molar-refractivity contribution in [2.45, 2.75) is 19.6 Å². The smallest absolute Gasteiger partial charge is 0.255 e. The third-order valence-corrected chi connectivity index (χ3v) is 3.42. The summed E-state index contributed by atoms with van der Waals surface area (Å²) in [5.41, 5.74) is 5.16. The summed E-state index contributed by atoms with van der Waals surface area (Å²) in [4.78, 5) is 11.7. The minimum atomic E-state index is -1.34. The molecule has 1 aromatic carbocycles. The van der Waals surface area contributed by atoms with Crippen LogP contribution in [0.1, 0.15) is 5.56 Å². The lowest BCUT2D eigenvalue weighted by Crippen LogP contribution is -2.16. The second kappa shape index (κ2) is 5.29. The third kappa shape index (κ3) is 3.70. The van der Waals surface area contributed by atoms with Gasteiger partial charge in [0.15, 0.2) is 0 Å². The van der Waals surface area contributed by atoms with E-state index in [1.807, 2.05) is 30.3 Å². The zero-order chi connectivity index (χ0) is 13.9. The topological polar surface area (TPSA) is 22.0 Å². The zero-order valence-corrected chi connectivity index (χ0v) is 12.5. The molecule has 0 saturated carbocycles. The lowest BCUT2D eigenvalue weighted by atomic mass is 10.2. The Hall–Kier alpha value is -2.05. The maximum atomic E-state index is 11.7. The molecule has 0 unspecified atom stereocenters. The summed E-state index contributed by atoms with van der Waals surface area (Å²) in [6, 6.07) is 12.9. The molecule has 0 saturated heterocycles. The molecule has 3 heteroatoms. The summed E-state index contributed by atoms with van der Waals surface area (Å²) in [7, 11) is -1.34. The van der Waals surface area contributed by atoms with Gasteiger partial charge < -0.3 is 0 Å². The number of hydrogen-bond donors (Lipinski definition) is 0. The number of pyridine rings is 1. The lowest BCUT2D eigenvalue weighted by Gasteiger charge is -2.05. The molecule has 19 heavy (non-hydrogen) atoms. The van der Waals surface area contributed by atoms with Crippen molar-refractivity contribution in [3.05, 3.63) is 64.6 Å². The standard InChI is InChI=1S/C16H17NOSi/c1-19(2,3)13-11-14-7-9-15(10-8-14)17-12-5-4-6-16(17)18/h4-10,12H,1-3H3. The van der Waals surface area contributed by atoms with Crippen LogP contribution in [-0.4, -0.2) is 12.6 Å². The van der Waals surface area contributed by atoms with E-state index >= 15 is 0 Å². The molecule has 0 aliphatic rings. The van der Waals surface area contributed by atoms with E-state index in [0.717, 1.165) is 11.3 Å². The maximum absolute atomic E-state index is 11.7. The van der Waals surface area contributed by atoms with Crippen molar-refractivity contribution in [1.82, 2.24) is 4.57 Å². The van der Waals surface area contributed by atoms with Gasteiger partial charge in [-0.05, 0) is 30.3 Å². The third-order valence-electron chi connectivity index (χ3n) is 2.55. The van der Waals surface area contributed by atoms with E-state index in [9.17, 15) is 4.79 Å². The van der Waals surface area contributed by atoms with Crippen molar-refractivity contribution in [2.24, 2.45) is 0 Å². The van der Waals surface area contributed by atoms with Crippen LogP contribution in [-0.2, 0) is 0 Å². The van der Waals surface area contributed by atoms with E-state index in [0.29, 0.717) is 0 Å². The Balaban J connectivity index is 2.31. The predicted octanol–water partition coefficient (Wildman–Crippen LogP) is 3.07. The molecule has 0 aliphatic carbocycles. The fourth-order valence-corrected chi connectivity index (χ4v) is 2.13. The van der Waals surface area contributed by atoms with Crippen LogP contribution in [0.5, 0.6) is 0 Å². The van der Waals surface area contributed by atoms with Gasteiger partial charge in [-0.2, -0.15) is 0 Å². The van der Waals surface area contributed by atoms with Crippen LogP contribution in [0.15, 0.2) is 53.5 Å². The van der Waals surface area contributed by atoms with Crippen molar-refractivity contribution < 1.29 is 0 Å². The monoisotopic (exact) mass is 267 g/mol. The van der Waals surface area contributed by atoms with E-state index in [1.54, 1.807) is 22.9 Å². The first kappa shape index (κ1) is 13.4. The molecule has 0 spiro atoms. The van der Waals surface area contributed by atoms with Crippen LogP contribution in [0.2, 0.25) is 19.6 Å². The Morgan fingerprint density at radius 3 is 2.26 bits per heavy atom. The molecule has 0 N–H and O–H groups in total. The van der Waals surface area contributed by atoms with E-state index in [4.69, 9.17) is 0 Å². The first-order valence-corrected chi connectivity index (χ1v) is 9.77. The Bertz CT molecular complexity index is 681. The molecule has 0 aliphatic heterocycles. The molecule has 2 rings (SSSR count). The Kier molecular flexibility index (Phi) is 3.73. The fourth-order valence-electron chi connectivity index (χ4n) is 1.61. The van der Waals surface area contributed by atoms with Gasteiger partial charge in [-0.25, -0.2) is 0 Å². The Morgan fingerprint density at radius 2 is 1.68 bits per heavy atom. The highest BCUT2D eigenvalue weighted by Crippen LogP contribution is 2.07. The van der Waals surface area contributed by atoms with Gasteiger partial charge in [0.1, 0.15) is 8.07 Å². The largest absolute Gasteiger partial charge is 0.284 e. The van der Waals surface area contributed by atoms with Crippen molar-refractivity contribution in [3.8, 4) is 17.2 Å². The number of nitrogens with zero attached hydrogens (tertiary/aromatic N) is 1. The van der Waals surface area contributed by atoms with Gasteiger partial charge in [0.2, 0.25) is 0 Å². The molecular formula is C16H17NOSi. The van der Waals surface area contributed by atoms with Crippen LogP contribution in [0.25, 0.3) is 5.69 Å². The number of hydrogen-bond acceptors (Lipinski definition) is 1. The molecule has 0 amide bonds. The van der Waals surface area contributed by atoms with E-state index in [2.05, 4.69) is 31.1 Å². The zero-order valence-electron chi connectivity index (χ0n) is 11.5. The predicted molar refractivity (Wildman–Crippen MR) is 82.3 cm³/mol. The van der Waals surface area contributed by atoms with Gasteiger partial charge in [-0.15, -0.1) is 5.54 Å². The van der Waals surface area contributed by atoms with Crippen LogP contribution in [0, 0.1) is 11.5 Å². The van der Waals surface area contributed by atoms with Crippen molar-refractivity contribution in [2.75, 3.05) is 0 Å². The molecule has 0 bridgehead atoms. The summed E-state index contributed by atoms with van der Waals surface area (Å²) < 4.78 is 1.62. The average molecular weight is 267 g/mol. The fraction of sp³-hybridized carbons (Fsp3) is 0.188. The van der Waals surface area contributed by atoms with E-state index in [-0.39, 0.29) is 5.56 Å². The summed E-state index contributed by atoms with van der Waals surface area (Å²) in [5, 5.41) is 0. The quantitative estimate of drug-likeness (QED) is 0.575. The molecule has 96 valence electrons. The number of benzene rings is 1. The van der Waals surface area contributed by atoms with Gasteiger partial charge in [-0.3, -0.25) is 9.36 Å². The Labute approximate surface area is 114 Å². The first-order valence-electron chi connectivity index (χ1n) is 6.27. The summed E-state index contributed by atoms with van der Waals surface area (Å²) in [6.07, 6.45) is 1.77. The van der Waals surface area contributed by atoms with Crippen molar-refractivity contribution in [1.29, 1.82) is 0 Å². The minimum Gasteiger partial charge on any atom is -0.284 e. The minimum absolute atomic E-state index is 0.0246. The normalized spacial score (nSPS) is 10.7. The lowest BCUT2D eigenvalue weighted by molar-refractivity contribution is 0.990. The molecule has 0 radical (unpaired) electrons. The van der Waals surface area contributed by atoms with Gasteiger partial charge in [0.05, 0.1) is 0 Å². The number of aromatic nitrogens is 1. The highest BCUT2D eigenvalue weighted by molar-refractivity contribution is 6.83. The van der Waals surface area contributed by atoms with Crippen LogP contribution in [0.4, 0.5) is 0 Å². The average Bonchev–Trinajstić information content (AvgIpc) is 2.37. The van der Waals surface area contributed by atoms with Crippen LogP contribution in [0.3, 0.4) is 0 Å². The van der Waals surface area contributed by atoms with Crippen LogP contribution < -0.4 is 5.56 Å². The molecule has 2 nitrogen and oxygen atoms in total. The second-order valence-electron chi connectivity index (χ2n) is 5.46. The molecule has 1 aromatic heterocycles. The summed E-state index contributed by atoms with van der Waals surface area (Å²) >= 11 is 0. The van der Waals surface area contributed by atoms with Crippen molar-refractivity contribution in [3.63, 3.8) is 0 Å². The van der Waals surface area contributed by atoms with Gasteiger partial charge >= 0.3 is 0 Å². The van der Waals surface area contributed by atoms with Gasteiger partial charge in [-0.1, -0.05) is 31.6 Å². The van der Waals surface area contributed by atoms with E-state index < -0.39 is 8.07 Å². The number of rotatable bonds is 1. The van der Waals surface area contributed by atoms with Crippen LogP contribution >= 0.6 is 0 Å². The summed E-state index contributed by atoms with van der Waals surface area (Å²) in [5.74, 6) is 3.20.